The molecule has 3 aliphatic rings. The summed E-state index contributed by atoms with van der Waals surface area (Å²) in [5.74, 6) is 2.66. The van der Waals surface area contributed by atoms with E-state index in [4.69, 9.17) is 9.47 Å². The van der Waals surface area contributed by atoms with Gasteiger partial charge in [0.15, 0.2) is 0 Å². The van der Waals surface area contributed by atoms with E-state index in [9.17, 15) is 0 Å². The molecule has 0 aromatic heterocycles. The maximum absolute atomic E-state index is 5.97. The molecule has 16 heavy (non-hydrogen) atoms. The number of hydrogen-bond acceptors (Lipinski definition) is 4. The second kappa shape index (κ2) is 6.20. The van der Waals surface area contributed by atoms with Crippen LogP contribution in [0.5, 0.6) is 0 Å². The first-order valence-corrected chi connectivity index (χ1v) is 12.1. The Kier molecular flexibility index (Phi) is 4.92. The van der Waals surface area contributed by atoms with Crippen LogP contribution in [-0.4, -0.2) is 75.1 Å². The fourth-order valence-corrected chi connectivity index (χ4v) is 9.14. The number of hydrogen-bond donors (Lipinski definition) is 0. The van der Waals surface area contributed by atoms with E-state index in [2.05, 4.69) is 0 Å². The predicted molar refractivity (Wildman–Crippen MR) is 73.1 cm³/mol. The molecule has 0 amide bonds. The molecule has 3 heterocycles. The van der Waals surface area contributed by atoms with Crippen LogP contribution in [0.1, 0.15) is 0 Å². The Hall–Kier alpha value is 1.66. The molecule has 3 rings (SSSR count). The van der Waals surface area contributed by atoms with Gasteiger partial charge in [-0.3, -0.25) is 0 Å². The van der Waals surface area contributed by atoms with Gasteiger partial charge in [-0.1, -0.05) is 0 Å². The van der Waals surface area contributed by atoms with Crippen molar-refractivity contribution in [2.75, 3.05) is 24.7 Å². The third-order valence-electron chi connectivity index (χ3n) is 2.58. The van der Waals surface area contributed by atoms with Crippen LogP contribution in [0.25, 0.3) is 0 Å². The molecule has 0 spiro atoms. The van der Waals surface area contributed by atoms with E-state index < -0.39 is 0 Å². The van der Waals surface area contributed by atoms with Gasteiger partial charge in [0.2, 0.25) is 0 Å². The average molecular weight is 390 g/mol. The molecule has 3 fully saturated rings. The summed E-state index contributed by atoms with van der Waals surface area (Å²) in [4.78, 5) is 0. The van der Waals surface area contributed by atoms with Gasteiger partial charge in [-0.25, -0.2) is 0 Å². The second-order valence-corrected chi connectivity index (χ2v) is 12.9. The van der Waals surface area contributed by atoms with Gasteiger partial charge in [0.05, 0.1) is 0 Å². The Morgan fingerprint density at radius 3 is 2.06 bits per heavy atom. The monoisotopic (exact) mass is 392 g/mol. The first-order chi connectivity index (χ1) is 7.90. The summed E-state index contributed by atoms with van der Waals surface area (Å²) in [5, 5.41) is 4.25. The molecule has 0 bridgehead atoms. The summed E-state index contributed by atoms with van der Waals surface area (Å²) in [7, 11) is 0. The maximum atomic E-state index is 5.97. The Bertz CT molecular complexity index is 205. The Morgan fingerprint density at radius 2 is 1.50 bits per heavy atom. The number of ether oxygens (including phenoxy) is 2. The van der Waals surface area contributed by atoms with Gasteiger partial charge < -0.3 is 0 Å². The van der Waals surface area contributed by atoms with Crippen LogP contribution in [0.3, 0.4) is 0 Å². The van der Waals surface area contributed by atoms with Crippen molar-refractivity contribution in [3.8, 4) is 0 Å². The van der Waals surface area contributed by atoms with E-state index in [1.54, 1.807) is 0 Å². The zero-order valence-corrected chi connectivity index (χ0v) is 14.1. The van der Waals surface area contributed by atoms with E-state index in [1.165, 1.54) is 22.1 Å². The van der Waals surface area contributed by atoms with E-state index in [0.717, 1.165) is 23.7 Å². The number of rotatable bonds is 6. The van der Waals surface area contributed by atoms with Gasteiger partial charge in [-0.15, -0.1) is 0 Å². The summed E-state index contributed by atoms with van der Waals surface area (Å²) in [6.07, 6.45) is 0.580. The molecule has 2 atom stereocenters. The second-order valence-electron chi connectivity index (χ2n) is 4.15. The van der Waals surface area contributed by atoms with Crippen molar-refractivity contribution in [1.29, 1.82) is 0 Å². The van der Waals surface area contributed by atoms with Crippen LogP contribution in [0.4, 0.5) is 0 Å². The number of thioether (sulfide) groups is 2. The molecule has 0 saturated carbocycles. The van der Waals surface area contributed by atoms with Gasteiger partial charge in [0, 0.05) is 0 Å². The molecule has 0 aliphatic carbocycles. The molecule has 0 N–H and O–H groups in total. The molecular formula is C10H16O2S2Se2. The van der Waals surface area contributed by atoms with Crippen molar-refractivity contribution in [3.05, 3.63) is 0 Å². The molecular weight excluding hydrogens is 374 g/mol. The molecule has 3 aliphatic heterocycles. The van der Waals surface area contributed by atoms with Crippen LogP contribution in [0, 0.1) is 0 Å². The minimum atomic E-state index is 0.580. The third kappa shape index (κ3) is 4.40. The summed E-state index contributed by atoms with van der Waals surface area (Å²) >= 11 is 5.43. The van der Waals surface area contributed by atoms with E-state index in [-0.39, 0.29) is 0 Å². The molecule has 2 unspecified atom stereocenters. The predicted octanol–water partition coefficient (Wildman–Crippen LogP) is 1.16. The van der Waals surface area contributed by atoms with Crippen LogP contribution in [-0.2, 0) is 9.47 Å². The summed E-state index contributed by atoms with van der Waals surface area (Å²) in [6.45, 7) is 2.02. The topological polar surface area (TPSA) is 18.5 Å². The van der Waals surface area contributed by atoms with Crippen molar-refractivity contribution in [2.45, 2.75) is 31.1 Å². The molecule has 92 valence electrons. The van der Waals surface area contributed by atoms with Gasteiger partial charge in [0.25, 0.3) is 0 Å². The molecule has 0 aromatic carbocycles. The Morgan fingerprint density at radius 1 is 0.938 bits per heavy atom. The molecule has 6 heteroatoms. The summed E-state index contributed by atoms with van der Waals surface area (Å²) in [6, 6.07) is 0. The van der Waals surface area contributed by atoms with Crippen molar-refractivity contribution >= 4 is 53.4 Å². The standard InChI is InChI=1S/C10H16O2S2Se2/c1(8-3-13-8)11-7-5-15-10(16-6-7)12-2-9-4-14-9/h7-10H,1-6H2. The zero-order chi connectivity index (χ0) is 10.8. The fraction of sp³-hybridized carbons (Fsp3) is 1.00. The Labute approximate surface area is 118 Å². The van der Waals surface area contributed by atoms with Crippen molar-refractivity contribution < 1.29 is 9.47 Å². The van der Waals surface area contributed by atoms with Crippen LogP contribution < -0.4 is 0 Å². The molecule has 0 radical (unpaired) electrons. The summed E-state index contributed by atoms with van der Waals surface area (Å²) < 4.78 is 12.6. The molecule has 2 nitrogen and oxygen atoms in total. The van der Waals surface area contributed by atoms with Crippen molar-refractivity contribution in [1.82, 2.24) is 0 Å². The van der Waals surface area contributed by atoms with Crippen LogP contribution in [0.15, 0.2) is 0 Å². The normalized spacial score (nSPS) is 42.0. The van der Waals surface area contributed by atoms with Gasteiger partial charge >= 0.3 is 119 Å². The quantitative estimate of drug-likeness (QED) is 0.501. The fourth-order valence-electron chi connectivity index (χ4n) is 1.42. The van der Waals surface area contributed by atoms with Crippen molar-refractivity contribution in [3.63, 3.8) is 0 Å². The van der Waals surface area contributed by atoms with Crippen LogP contribution >= 0.6 is 23.5 Å². The molecule has 0 aromatic rings. The van der Waals surface area contributed by atoms with Crippen molar-refractivity contribution in [2.24, 2.45) is 0 Å². The third-order valence-corrected chi connectivity index (χ3v) is 11.5. The average Bonchev–Trinajstić information content (AvgIpc) is 3.17. The zero-order valence-electron chi connectivity index (χ0n) is 9.00. The van der Waals surface area contributed by atoms with Crippen LogP contribution in [0.2, 0.25) is 10.6 Å². The summed E-state index contributed by atoms with van der Waals surface area (Å²) in [5.41, 5.74) is 0. The first-order valence-electron chi connectivity index (χ1n) is 5.60. The SMILES string of the molecule is C1[Se]C(OCC2CS2)[Se]CC1OCC1CS1. The Balaban J connectivity index is 1.28. The van der Waals surface area contributed by atoms with Gasteiger partial charge in [0.1, 0.15) is 0 Å². The van der Waals surface area contributed by atoms with Gasteiger partial charge in [-0.05, 0) is 0 Å². The van der Waals surface area contributed by atoms with E-state index in [0.29, 0.717) is 39.9 Å². The minimum absolute atomic E-state index is 0.580. The van der Waals surface area contributed by atoms with E-state index in [1.807, 2.05) is 23.5 Å². The first kappa shape index (κ1) is 12.7. The van der Waals surface area contributed by atoms with Gasteiger partial charge in [-0.2, -0.15) is 0 Å². The van der Waals surface area contributed by atoms with E-state index >= 15 is 0 Å². The molecule has 3 saturated heterocycles.